The van der Waals surface area contributed by atoms with Gasteiger partial charge in [-0.25, -0.2) is 0 Å². The molecule has 3 aromatic rings. The second kappa shape index (κ2) is 10.9. The number of rotatable bonds is 11. The number of non-ortho nitro benzene ring substituents is 1. The van der Waals surface area contributed by atoms with E-state index in [2.05, 4.69) is 5.32 Å². The Bertz CT molecular complexity index is 988. The Morgan fingerprint density at radius 2 is 1.48 bits per heavy atom. The van der Waals surface area contributed by atoms with Crippen molar-refractivity contribution < 1.29 is 19.1 Å². The van der Waals surface area contributed by atoms with Crippen molar-refractivity contribution in [3.63, 3.8) is 0 Å². The van der Waals surface area contributed by atoms with E-state index in [0.29, 0.717) is 37.9 Å². The van der Waals surface area contributed by atoms with Crippen molar-refractivity contribution in [2.45, 2.75) is 27.0 Å². The Hall–Kier alpha value is -3.74. The average Bonchev–Trinajstić information content (AvgIpc) is 2.78. The van der Waals surface area contributed by atoms with Gasteiger partial charge in [-0.15, -0.1) is 0 Å². The van der Waals surface area contributed by atoms with E-state index in [0.717, 1.165) is 22.6 Å². The topological polar surface area (TPSA) is 82.9 Å². The minimum Gasteiger partial charge on any atom is -0.494 e. The number of nitro benzene ring substituents is 1. The maximum Gasteiger partial charge on any atom is 0.269 e. The van der Waals surface area contributed by atoms with Crippen LogP contribution in [0, 0.1) is 10.1 Å². The monoisotopic (exact) mass is 422 g/mol. The molecule has 0 radical (unpaired) electrons. The quantitative estimate of drug-likeness (QED) is 0.321. The lowest BCUT2D eigenvalue weighted by atomic mass is 10.2. The molecule has 0 fully saturated rings. The van der Waals surface area contributed by atoms with Crippen LogP contribution in [0.5, 0.6) is 17.2 Å². The fraction of sp³-hybridized carbons (Fsp3) is 0.250. The highest BCUT2D eigenvalue weighted by Crippen LogP contribution is 2.30. The summed E-state index contributed by atoms with van der Waals surface area (Å²) < 4.78 is 17.1. The Balaban J connectivity index is 1.62. The van der Waals surface area contributed by atoms with Crippen LogP contribution in [0.15, 0.2) is 66.7 Å². The van der Waals surface area contributed by atoms with Crippen molar-refractivity contribution in [2.24, 2.45) is 0 Å². The van der Waals surface area contributed by atoms with E-state index in [1.54, 1.807) is 12.1 Å². The van der Waals surface area contributed by atoms with Crippen LogP contribution in [0.1, 0.15) is 25.0 Å². The number of anilines is 1. The first-order valence-electron chi connectivity index (χ1n) is 10.2. The van der Waals surface area contributed by atoms with Crippen LogP contribution in [0.4, 0.5) is 11.4 Å². The fourth-order valence-corrected chi connectivity index (χ4v) is 2.96. The highest BCUT2D eigenvalue weighted by molar-refractivity contribution is 5.48. The van der Waals surface area contributed by atoms with Gasteiger partial charge in [0.25, 0.3) is 5.69 Å². The Morgan fingerprint density at radius 1 is 0.806 bits per heavy atom. The van der Waals surface area contributed by atoms with E-state index in [1.165, 1.54) is 12.1 Å². The molecule has 0 unspecified atom stereocenters. The Labute approximate surface area is 181 Å². The average molecular weight is 422 g/mol. The van der Waals surface area contributed by atoms with Gasteiger partial charge in [-0.1, -0.05) is 6.07 Å². The molecule has 0 heterocycles. The summed E-state index contributed by atoms with van der Waals surface area (Å²) in [7, 11) is 0. The molecule has 0 aromatic heterocycles. The molecule has 162 valence electrons. The zero-order valence-electron chi connectivity index (χ0n) is 17.7. The van der Waals surface area contributed by atoms with E-state index >= 15 is 0 Å². The molecule has 0 saturated carbocycles. The van der Waals surface area contributed by atoms with Crippen LogP contribution < -0.4 is 19.5 Å². The number of nitro groups is 1. The van der Waals surface area contributed by atoms with Crippen LogP contribution in [0.25, 0.3) is 0 Å². The first-order valence-corrected chi connectivity index (χ1v) is 10.2. The van der Waals surface area contributed by atoms with Crippen molar-refractivity contribution in [1.29, 1.82) is 0 Å². The molecular weight excluding hydrogens is 396 g/mol. The largest absolute Gasteiger partial charge is 0.494 e. The van der Waals surface area contributed by atoms with Gasteiger partial charge in [-0.05, 0) is 73.5 Å². The Morgan fingerprint density at radius 3 is 2.13 bits per heavy atom. The third kappa shape index (κ3) is 6.37. The van der Waals surface area contributed by atoms with Gasteiger partial charge in [-0.3, -0.25) is 10.1 Å². The van der Waals surface area contributed by atoms with Crippen molar-refractivity contribution >= 4 is 11.4 Å². The summed E-state index contributed by atoms with van der Waals surface area (Å²) in [4.78, 5) is 10.4. The van der Waals surface area contributed by atoms with Gasteiger partial charge in [0.15, 0.2) is 11.5 Å². The predicted octanol–water partition coefficient (Wildman–Crippen LogP) is 5.58. The summed E-state index contributed by atoms with van der Waals surface area (Å²) in [5, 5.41) is 14.2. The predicted molar refractivity (Wildman–Crippen MR) is 120 cm³/mol. The minimum atomic E-state index is -0.419. The minimum absolute atomic E-state index is 0.0585. The fourth-order valence-electron chi connectivity index (χ4n) is 2.96. The van der Waals surface area contributed by atoms with Crippen LogP contribution in [0.2, 0.25) is 0 Å². The molecule has 3 aromatic carbocycles. The molecule has 7 nitrogen and oxygen atoms in total. The van der Waals surface area contributed by atoms with E-state index in [-0.39, 0.29) is 5.69 Å². The number of benzene rings is 3. The molecule has 0 atom stereocenters. The van der Waals surface area contributed by atoms with Gasteiger partial charge >= 0.3 is 0 Å². The Kier molecular flexibility index (Phi) is 7.70. The molecule has 0 saturated heterocycles. The number of hydrogen-bond donors (Lipinski definition) is 1. The molecule has 1 N–H and O–H groups in total. The molecule has 7 heteroatoms. The number of hydrogen-bond acceptors (Lipinski definition) is 6. The van der Waals surface area contributed by atoms with Gasteiger partial charge in [-0.2, -0.15) is 0 Å². The SMILES string of the molecule is CCOc1ccc(NCc2ccc(OCc3ccc([N+](=O)[O-])cc3)c(OCC)c2)cc1. The first-order chi connectivity index (χ1) is 15.1. The maximum atomic E-state index is 10.8. The zero-order valence-corrected chi connectivity index (χ0v) is 17.7. The van der Waals surface area contributed by atoms with Crippen molar-refractivity contribution in [3.8, 4) is 17.2 Å². The van der Waals surface area contributed by atoms with E-state index < -0.39 is 4.92 Å². The van der Waals surface area contributed by atoms with Gasteiger partial charge in [0.05, 0.1) is 18.1 Å². The van der Waals surface area contributed by atoms with Gasteiger partial charge in [0, 0.05) is 24.4 Å². The second-order valence-corrected chi connectivity index (χ2v) is 6.74. The first kappa shape index (κ1) is 22.0. The smallest absolute Gasteiger partial charge is 0.269 e. The molecule has 0 aliphatic carbocycles. The van der Waals surface area contributed by atoms with Crippen LogP contribution >= 0.6 is 0 Å². The summed E-state index contributed by atoms with van der Waals surface area (Å²) in [6.45, 7) is 5.97. The third-order valence-corrected chi connectivity index (χ3v) is 4.51. The summed E-state index contributed by atoms with van der Waals surface area (Å²) in [6.07, 6.45) is 0. The highest BCUT2D eigenvalue weighted by atomic mass is 16.6. The van der Waals surface area contributed by atoms with E-state index in [4.69, 9.17) is 14.2 Å². The van der Waals surface area contributed by atoms with Crippen LogP contribution in [-0.4, -0.2) is 18.1 Å². The number of ether oxygens (including phenoxy) is 3. The lowest BCUT2D eigenvalue weighted by Crippen LogP contribution is -2.03. The van der Waals surface area contributed by atoms with Crippen molar-refractivity contribution in [1.82, 2.24) is 0 Å². The normalized spacial score (nSPS) is 10.4. The lowest BCUT2D eigenvalue weighted by molar-refractivity contribution is -0.384. The highest BCUT2D eigenvalue weighted by Gasteiger charge is 2.09. The van der Waals surface area contributed by atoms with E-state index in [9.17, 15) is 10.1 Å². The maximum absolute atomic E-state index is 10.8. The van der Waals surface area contributed by atoms with Crippen LogP contribution in [-0.2, 0) is 13.2 Å². The zero-order chi connectivity index (χ0) is 22.1. The standard InChI is InChI=1S/C24H26N2O5/c1-3-29-22-12-8-20(9-13-22)25-16-19-7-14-23(24(15-19)30-4-2)31-17-18-5-10-21(11-6-18)26(27)28/h5-15,25H,3-4,16-17H2,1-2H3. The van der Waals surface area contributed by atoms with Crippen molar-refractivity contribution in [2.75, 3.05) is 18.5 Å². The molecule has 0 aliphatic rings. The molecule has 0 amide bonds. The van der Waals surface area contributed by atoms with Gasteiger partial charge in [0.2, 0.25) is 0 Å². The number of nitrogens with zero attached hydrogens (tertiary/aromatic N) is 1. The summed E-state index contributed by atoms with van der Waals surface area (Å²) in [6, 6.07) is 20.0. The van der Waals surface area contributed by atoms with Gasteiger partial charge in [0.1, 0.15) is 12.4 Å². The molecular formula is C24H26N2O5. The van der Waals surface area contributed by atoms with Gasteiger partial charge < -0.3 is 19.5 Å². The number of nitrogens with one attached hydrogen (secondary N) is 1. The molecule has 31 heavy (non-hydrogen) atoms. The third-order valence-electron chi connectivity index (χ3n) is 4.51. The van der Waals surface area contributed by atoms with E-state index in [1.807, 2.05) is 56.3 Å². The molecule has 0 aliphatic heterocycles. The summed E-state index contributed by atoms with van der Waals surface area (Å²) in [5.41, 5.74) is 2.96. The lowest BCUT2D eigenvalue weighted by Gasteiger charge is -2.14. The molecule has 0 spiro atoms. The molecule has 3 rings (SSSR count). The summed E-state index contributed by atoms with van der Waals surface area (Å²) >= 11 is 0. The molecule has 0 bridgehead atoms. The summed E-state index contributed by atoms with van der Waals surface area (Å²) in [5.74, 6) is 2.14. The van der Waals surface area contributed by atoms with Crippen LogP contribution in [0.3, 0.4) is 0 Å². The second-order valence-electron chi connectivity index (χ2n) is 6.74. The van der Waals surface area contributed by atoms with Crippen molar-refractivity contribution in [3.05, 3.63) is 88.0 Å².